The minimum atomic E-state index is 0.136. The molecule has 2 heterocycles. The number of aromatic nitrogens is 2. The fourth-order valence-electron chi connectivity index (χ4n) is 1.53. The van der Waals surface area contributed by atoms with Crippen molar-refractivity contribution in [2.45, 2.75) is 13.0 Å². The van der Waals surface area contributed by atoms with Crippen LogP contribution in [0.5, 0.6) is 0 Å². The lowest BCUT2D eigenvalue weighted by molar-refractivity contribution is -0.119. The molecule has 76 valence electrons. The molecule has 1 aromatic heterocycles. The molecule has 1 saturated heterocycles. The molecule has 0 aromatic carbocycles. The van der Waals surface area contributed by atoms with Crippen molar-refractivity contribution in [2.75, 3.05) is 6.54 Å². The third kappa shape index (κ3) is 2.17. The molecule has 0 radical (unpaired) electrons. The lowest BCUT2D eigenvalue weighted by atomic mass is 10.1. The Labute approximate surface area is 98.3 Å². The summed E-state index contributed by atoms with van der Waals surface area (Å²) in [6, 6.07) is 1.89. The number of nitrogens with one attached hydrogen (secondary N) is 1. The third-order valence-electron chi connectivity index (χ3n) is 2.19. The van der Waals surface area contributed by atoms with E-state index in [-0.39, 0.29) is 5.91 Å². The topological polar surface area (TPSA) is 46.9 Å². The molecule has 1 aromatic rings. The molecule has 1 atom stereocenters. The predicted molar refractivity (Wildman–Crippen MR) is 58.7 cm³/mol. The largest absolute Gasteiger partial charge is 0.356 e. The van der Waals surface area contributed by atoms with Gasteiger partial charge in [-0.25, -0.2) is 0 Å². The standard InChI is InChI=1S/C8H9Br2N3O/c9-6-2-7(10)13(12-6)4-5-1-8(14)11-3-5/h2,5H,1,3-4H2,(H,11,14). The number of carbonyl (C=O) groups is 1. The summed E-state index contributed by atoms with van der Waals surface area (Å²) < 4.78 is 3.60. The zero-order valence-electron chi connectivity index (χ0n) is 7.33. The van der Waals surface area contributed by atoms with Gasteiger partial charge in [-0.3, -0.25) is 9.48 Å². The van der Waals surface area contributed by atoms with Gasteiger partial charge in [0.15, 0.2) is 0 Å². The second-order valence-electron chi connectivity index (χ2n) is 3.35. The van der Waals surface area contributed by atoms with Gasteiger partial charge in [0.1, 0.15) is 9.21 Å². The highest BCUT2D eigenvalue weighted by Crippen LogP contribution is 2.19. The first-order chi connectivity index (χ1) is 6.65. The Kier molecular flexibility index (Phi) is 2.92. The molecule has 1 fully saturated rings. The van der Waals surface area contributed by atoms with E-state index in [1.165, 1.54) is 0 Å². The molecule has 2 rings (SSSR count). The highest BCUT2D eigenvalue weighted by atomic mass is 79.9. The predicted octanol–water partition coefficient (Wildman–Crippen LogP) is 1.54. The third-order valence-corrected chi connectivity index (χ3v) is 3.22. The summed E-state index contributed by atoms with van der Waals surface area (Å²) in [7, 11) is 0. The number of hydrogen-bond acceptors (Lipinski definition) is 2. The number of halogens is 2. The van der Waals surface area contributed by atoms with Crippen LogP contribution in [0.3, 0.4) is 0 Å². The molecule has 4 nitrogen and oxygen atoms in total. The Morgan fingerprint density at radius 3 is 2.93 bits per heavy atom. The molecule has 1 aliphatic rings. The van der Waals surface area contributed by atoms with Crippen LogP contribution in [0, 0.1) is 5.92 Å². The average Bonchev–Trinajstić information content (AvgIpc) is 2.61. The maximum atomic E-state index is 11.0. The summed E-state index contributed by atoms with van der Waals surface area (Å²) >= 11 is 6.70. The molecule has 1 aliphatic heterocycles. The summed E-state index contributed by atoms with van der Waals surface area (Å²) in [5, 5.41) is 7.06. The van der Waals surface area contributed by atoms with Crippen molar-refractivity contribution in [3.63, 3.8) is 0 Å². The van der Waals surface area contributed by atoms with E-state index in [0.29, 0.717) is 12.3 Å². The van der Waals surface area contributed by atoms with Crippen molar-refractivity contribution in [1.82, 2.24) is 15.1 Å². The van der Waals surface area contributed by atoms with E-state index >= 15 is 0 Å². The van der Waals surface area contributed by atoms with Crippen molar-refractivity contribution < 1.29 is 4.79 Å². The Hall–Kier alpha value is -0.360. The van der Waals surface area contributed by atoms with Crippen LogP contribution >= 0.6 is 31.9 Å². The van der Waals surface area contributed by atoms with Gasteiger partial charge in [0, 0.05) is 31.5 Å². The van der Waals surface area contributed by atoms with Crippen LogP contribution in [0.15, 0.2) is 15.3 Å². The second-order valence-corrected chi connectivity index (χ2v) is 4.97. The van der Waals surface area contributed by atoms with Crippen molar-refractivity contribution >= 4 is 37.8 Å². The lowest BCUT2D eigenvalue weighted by Crippen LogP contribution is -2.16. The van der Waals surface area contributed by atoms with Gasteiger partial charge < -0.3 is 5.32 Å². The van der Waals surface area contributed by atoms with E-state index < -0.39 is 0 Å². The monoisotopic (exact) mass is 321 g/mol. The fraction of sp³-hybridized carbons (Fsp3) is 0.500. The zero-order chi connectivity index (χ0) is 10.1. The second kappa shape index (κ2) is 4.02. The Morgan fingerprint density at radius 1 is 1.64 bits per heavy atom. The highest BCUT2D eigenvalue weighted by Gasteiger charge is 2.22. The van der Waals surface area contributed by atoms with Gasteiger partial charge in [0.05, 0.1) is 0 Å². The molecule has 6 heteroatoms. The van der Waals surface area contributed by atoms with E-state index in [4.69, 9.17) is 0 Å². The van der Waals surface area contributed by atoms with Crippen molar-refractivity contribution in [3.05, 3.63) is 15.3 Å². The Morgan fingerprint density at radius 2 is 2.43 bits per heavy atom. The molecule has 0 spiro atoms. The van der Waals surface area contributed by atoms with Gasteiger partial charge in [-0.15, -0.1) is 0 Å². The summed E-state index contributed by atoms with van der Waals surface area (Å²) in [6.07, 6.45) is 0.601. The number of nitrogens with zero attached hydrogens (tertiary/aromatic N) is 2. The van der Waals surface area contributed by atoms with Crippen molar-refractivity contribution in [2.24, 2.45) is 5.92 Å². The first kappa shape index (κ1) is 10.2. The van der Waals surface area contributed by atoms with Crippen molar-refractivity contribution in [3.8, 4) is 0 Å². The molecule has 1 amide bonds. The molecule has 1 N–H and O–H groups in total. The van der Waals surface area contributed by atoms with Crippen LogP contribution in [0.2, 0.25) is 0 Å². The van der Waals surface area contributed by atoms with Crippen molar-refractivity contribution in [1.29, 1.82) is 0 Å². The molecular formula is C8H9Br2N3O. The SMILES string of the molecule is O=C1CC(Cn2nc(Br)cc2Br)CN1. The Balaban J connectivity index is 2.04. The fourth-order valence-corrected chi connectivity index (χ4v) is 2.69. The average molecular weight is 323 g/mol. The van der Waals surface area contributed by atoms with E-state index in [1.807, 2.05) is 10.7 Å². The number of rotatable bonds is 2. The maximum Gasteiger partial charge on any atom is 0.220 e. The minimum absolute atomic E-state index is 0.136. The molecule has 0 aliphatic carbocycles. The van der Waals surface area contributed by atoms with Crippen LogP contribution in [0.4, 0.5) is 0 Å². The van der Waals surface area contributed by atoms with E-state index in [2.05, 4.69) is 42.3 Å². The van der Waals surface area contributed by atoms with Gasteiger partial charge in [0.25, 0.3) is 0 Å². The van der Waals surface area contributed by atoms with Crippen LogP contribution in [-0.4, -0.2) is 22.2 Å². The molecule has 14 heavy (non-hydrogen) atoms. The highest BCUT2D eigenvalue weighted by molar-refractivity contribution is 9.11. The van der Waals surface area contributed by atoms with Gasteiger partial charge in [-0.1, -0.05) is 0 Å². The van der Waals surface area contributed by atoms with Crippen LogP contribution in [0.1, 0.15) is 6.42 Å². The van der Waals surface area contributed by atoms with Crippen LogP contribution in [-0.2, 0) is 11.3 Å². The molecule has 0 bridgehead atoms. The van der Waals surface area contributed by atoms with Gasteiger partial charge >= 0.3 is 0 Å². The summed E-state index contributed by atoms with van der Waals surface area (Å²) in [5.41, 5.74) is 0. The molecular weight excluding hydrogens is 314 g/mol. The zero-order valence-corrected chi connectivity index (χ0v) is 10.5. The van der Waals surface area contributed by atoms with E-state index in [0.717, 1.165) is 22.3 Å². The smallest absolute Gasteiger partial charge is 0.220 e. The normalized spacial score (nSPS) is 21.3. The maximum absolute atomic E-state index is 11.0. The number of amides is 1. The van der Waals surface area contributed by atoms with Crippen LogP contribution in [0.25, 0.3) is 0 Å². The number of carbonyl (C=O) groups excluding carboxylic acids is 1. The summed E-state index contributed by atoms with van der Waals surface area (Å²) in [6.45, 7) is 1.52. The lowest BCUT2D eigenvalue weighted by Gasteiger charge is -2.07. The molecule has 1 unspecified atom stereocenters. The van der Waals surface area contributed by atoms with E-state index in [1.54, 1.807) is 0 Å². The summed E-state index contributed by atoms with van der Waals surface area (Å²) in [5.74, 6) is 0.489. The Bertz CT molecular complexity index is 363. The van der Waals surface area contributed by atoms with Crippen LogP contribution < -0.4 is 5.32 Å². The first-order valence-corrected chi connectivity index (χ1v) is 5.89. The molecule has 0 saturated carbocycles. The van der Waals surface area contributed by atoms with Gasteiger partial charge in [0.2, 0.25) is 5.91 Å². The first-order valence-electron chi connectivity index (χ1n) is 4.30. The van der Waals surface area contributed by atoms with Gasteiger partial charge in [-0.2, -0.15) is 5.10 Å². The van der Waals surface area contributed by atoms with E-state index in [9.17, 15) is 4.79 Å². The minimum Gasteiger partial charge on any atom is -0.356 e. The summed E-state index contributed by atoms with van der Waals surface area (Å²) in [4.78, 5) is 11.0. The van der Waals surface area contributed by atoms with Gasteiger partial charge in [-0.05, 0) is 31.9 Å². The number of hydrogen-bond donors (Lipinski definition) is 1. The quantitative estimate of drug-likeness (QED) is 0.898.